The summed E-state index contributed by atoms with van der Waals surface area (Å²) < 4.78 is 16.2. The van der Waals surface area contributed by atoms with Crippen LogP contribution < -0.4 is 5.32 Å². The van der Waals surface area contributed by atoms with Gasteiger partial charge in [-0.3, -0.25) is 9.20 Å². The molecular weight excluding hydrogens is 397 g/mol. The van der Waals surface area contributed by atoms with Crippen molar-refractivity contribution in [3.05, 3.63) is 89.4 Å². The molecule has 0 bridgehead atoms. The molecule has 0 saturated carbocycles. The first-order chi connectivity index (χ1) is 14.5. The highest BCUT2D eigenvalue weighted by atomic mass is 32.1. The standard InChI is InChI=1S/C24H18FN3OS/c1-14-3-9-19(15(2)11-14)26-23(29)17-6-10-21-22(12-17)30-24-27-20(13-28(21)24)16-4-7-18(25)8-5-16/h3-13H,1-2H3,(H,26,29). The number of fused-ring (bicyclic) bond motifs is 3. The van der Waals surface area contributed by atoms with E-state index in [1.165, 1.54) is 23.5 Å². The summed E-state index contributed by atoms with van der Waals surface area (Å²) in [5.41, 5.74) is 6.26. The van der Waals surface area contributed by atoms with Crippen molar-refractivity contribution in [1.82, 2.24) is 9.38 Å². The number of rotatable bonds is 3. The molecule has 0 radical (unpaired) electrons. The minimum absolute atomic E-state index is 0.137. The number of aryl methyl sites for hydroxylation is 2. The second kappa shape index (κ2) is 7.07. The smallest absolute Gasteiger partial charge is 0.255 e. The first-order valence-corrected chi connectivity index (χ1v) is 10.4. The largest absolute Gasteiger partial charge is 0.322 e. The molecule has 0 aliphatic rings. The molecule has 5 aromatic rings. The molecule has 148 valence electrons. The number of thiazole rings is 1. The van der Waals surface area contributed by atoms with E-state index in [0.717, 1.165) is 43.2 Å². The predicted molar refractivity (Wildman–Crippen MR) is 120 cm³/mol. The van der Waals surface area contributed by atoms with Crippen LogP contribution >= 0.6 is 11.3 Å². The number of hydrogen-bond donors (Lipinski definition) is 1. The van der Waals surface area contributed by atoms with Crippen LogP contribution in [-0.2, 0) is 0 Å². The van der Waals surface area contributed by atoms with Gasteiger partial charge in [0.25, 0.3) is 5.91 Å². The van der Waals surface area contributed by atoms with Gasteiger partial charge in [-0.2, -0.15) is 0 Å². The van der Waals surface area contributed by atoms with Crippen LogP contribution in [0.4, 0.5) is 10.1 Å². The number of halogens is 1. The van der Waals surface area contributed by atoms with E-state index in [9.17, 15) is 9.18 Å². The van der Waals surface area contributed by atoms with Crippen LogP contribution in [0.5, 0.6) is 0 Å². The van der Waals surface area contributed by atoms with E-state index in [1.807, 2.05) is 60.8 Å². The second-order valence-corrected chi connectivity index (χ2v) is 8.35. The maximum atomic E-state index is 13.2. The quantitative estimate of drug-likeness (QED) is 0.380. The number of carbonyl (C=O) groups excluding carboxylic acids is 1. The van der Waals surface area contributed by atoms with Gasteiger partial charge >= 0.3 is 0 Å². The zero-order valence-corrected chi connectivity index (χ0v) is 17.3. The first kappa shape index (κ1) is 18.5. The van der Waals surface area contributed by atoms with Gasteiger partial charge in [-0.15, -0.1) is 0 Å². The third kappa shape index (κ3) is 3.25. The Morgan fingerprint density at radius 1 is 1.03 bits per heavy atom. The van der Waals surface area contributed by atoms with E-state index < -0.39 is 0 Å². The van der Waals surface area contributed by atoms with Crippen LogP contribution in [-0.4, -0.2) is 15.3 Å². The summed E-state index contributed by atoms with van der Waals surface area (Å²) in [4.78, 5) is 18.3. The maximum Gasteiger partial charge on any atom is 0.255 e. The normalized spacial score (nSPS) is 11.3. The van der Waals surface area contributed by atoms with Crippen LogP contribution in [0.3, 0.4) is 0 Å². The summed E-state index contributed by atoms with van der Waals surface area (Å²) >= 11 is 1.52. The molecule has 1 amide bonds. The Morgan fingerprint density at radius 2 is 1.83 bits per heavy atom. The molecule has 2 aromatic heterocycles. The molecule has 0 unspecified atom stereocenters. The SMILES string of the molecule is Cc1ccc(NC(=O)c2ccc3c(c2)sc2nc(-c4ccc(F)cc4)cn23)c(C)c1. The Bertz CT molecular complexity index is 1420. The Morgan fingerprint density at radius 3 is 2.60 bits per heavy atom. The average Bonchev–Trinajstić information content (AvgIpc) is 3.28. The van der Waals surface area contributed by atoms with E-state index in [4.69, 9.17) is 0 Å². The van der Waals surface area contributed by atoms with Gasteiger partial charge in [-0.05, 0) is 67.9 Å². The minimum Gasteiger partial charge on any atom is -0.322 e. The molecule has 0 aliphatic carbocycles. The van der Waals surface area contributed by atoms with Crippen molar-refractivity contribution in [3.63, 3.8) is 0 Å². The van der Waals surface area contributed by atoms with Crippen molar-refractivity contribution in [2.75, 3.05) is 5.32 Å². The lowest BCUT2D eigenvalue weighted by Crippen LogP contribution is -2.12. The summed E-state index contributed by atoms with van der Waals surface area (Å²) in [6, 6.07) is 17.9. The highest BCUT2D eigenvalue weighted by Crippen LogP contribution is 2.30. The zero-order valence-electron chi connectivity index (χ0n) is 16.4. The highest BCUT2D eigenvalue weighted by molar-refractivity contribution is 7.23. The summed E-state index contributed by atoms with van der Waals surface area (Å²) in [6.45, 7) is 4.01. The van der Waals surface area contributed by atoms with Gasteiger partial charge in [-0.1, -0.05) is 29.0 Å². The number of imidazole rings is 1. The van der Waals surface area contributed by atoms with Crippen LogP contribution in [0, 0.1) is 19.7 Å². The number of aromatic nitrogens is 2. The number of hydrogen-bond acceptors (Lipinski definition) is 3. The van der Waals surface area contributed by atoms with Crippen molar-refractivity contribution >= 4 is 38.1 Å². The summed E-state index contributed by atoms with van der Waals surface area (Å²) in [7, 11) is 0. The number of amides is 1. The minimum atomic E-state index is -0.267. The molecule has 0 atom stereocenters. The van der Waals surface area contributed by atoms with Crippen molar-refractivity contribution in [3.8, 4) is 11.3 Å². The molecule has 3 aromatic carbocycles. The fourth-order valence-corrected chi connectivity index (χ4v) is 4.60. The Kier molecular flexibility index (Phi) is 4.37. The lowest BCUT2D eigenvalue weighted by molar-refractivity contribution is 0.102. The van der Waals surface area contributed by atoms with Crippen LogP contribution in [0.2, 0.25) is 0 Å². The van der Waals surface area contributed by atoms with Gasteiger partial charge in [0.05, 0.1) is 15.9 Å². The maximum absolute atomic E-state index is 13.2. The summed E-state index contributed by atoms with van der Waals surface area (Å²) in [6.07, 6.45) is 1.94. The molecule has 5 rings (SSSR count). The Labute approximate surface area is 176 Å². The lowest BCUT2D eigenvalue weighted by Gasteiger charge is -2.09. The molecule has 0 saturated heterocycles. The second-order valence-electron chi connectivity index (χ2n) is 7.34. The van der Waals surface area contributed by atoms with Gasteiger partial charge in [0.1, 0.15) is 5.82 Å². The first-order valence-electron chi connectivity index (χ1n) is 9.54. The third-order valence-electron chi connectivity index (χ3n) is 5.13. The van der Waals surface area contributed by atoms with Gasteiger partial charge < -0.3 is 5.32 Å². The molecule has 0 spiro atoms. The lowest BCUT2D eigenvalue weighted by atomic mass is 10.1. The van der Waals surface area contributed by atoms with E-state index >= 15 is 0 Å². The summed E-state index contributed by atoms with van der Waals surface area (Å²) in [5.74, 6) is -0.404. The molecule has 1 N–H and O–H groups in total. The molecule has 2 heterocycles. The fourth-order valence-electron chi connectivity index (χ4n) is 3.55. The Hall–Kier alpha value is -3.51. The van der Waals surface area contributed by atoms with E-state index in [1.54, 1.807) is 12.1 Å². The van der Waals surface area contributed by atoms with Gasteiger partial charge in [0.15, 0.2) is 4.96 Å². The van der Waals surface area contributed by atoms with Gasteiger partial charge in [-0.25, -0.2) is 9.37 Å². The van der Waals surface area contributed by atoms with Crippen molar-refractivity contribution in [2.45, 2.75) is 13.8 Å². The van der Waals surface area contributed by atoms with Crippen molar-refractivity contribution in [2.24, 2.45) is 0 Å². The molecule has 30 heavy (non-hydrogen) atoms. The number of carbonyl (C=O) groups is 1. The van der Waals surface area contributed by atoms with Gasteiger partial charge in [0.2, 0.25) is 0 Å². The predicted octanol–water partition coefficient (Wildman–Crippen LogP) is 6.22. The van der Waals surface area contributed by atoms with E-state index in [-0.39, 0.29) is 11.7 Å². The molecule has 0 aliphatic heterocycles. The van der Waals surface area contributed by atoms with Crippen LogP contribution in [0.1, 0.15) is 21.5 Å². The Balaban J connectivity index is 1.47. The number of nitrogens with one attached hydrogen (secondary N) is 1. The van der Waals surface area contributed by atoms with E-state index in [2.05, 4.69) is 10.3 Å². The molecule has 0 fully saturated rings. The highest BCUT2D eigenvalue weighted by Gasteiger charge is 2.14. The van der Waals surface area contributed by atoms with Crippen molar-refractivity contribution in [1.29, 1.82) is 0 Å². The van der Waals surface area contributed by atoms with Crippen LogP contribution in [0.15, 0.2) is 66.9 Å². The monoisotopic (exact) mass is 415 g/mol. The average molecular weight is 415 g/mol. The molecule has 4 nitrogen and oxygen atoms in total. The topological polar surface area (TPSA) is 46.4 Å². The third-order valence-corrected chi connectivity index (χ3v) is 6.14. The van der Waals surface area contributed by atoms with Crippen molar-refractivity contribution < 1.29 is 9.18 Å². The van der Waals surface area contributed by atoms with E-state index in [0.29, 0.717) is 5.56 Å². The fraction of sp³-hybridized carbons (Fsp3) is 0.0833. The molecule has 6 heteroatoms. The van der Waals surface area contributed by atoms with Gasteiger partial charge in [0, 0.05) is 23.0 Å². The van der Waals surface area contributed by atoms with Crippen LogP contribution in [0.25, 0.3) is 26.4 Å². The zero-order chi connectivity index (χ0) is 20.8. The number of nitrogens with zero attached hydrogens (tertiary/aromatic N) is 2. The molecular formula is C24H18FN3OS. The number of anilines is 1. The summed E-state index contributed by atoms with van der Waals surface area (Å²) in [5, 5.41) is 2.99. The number of benzene rings is 3.